The molecule has 0 unspecified atom stereocenters. The van der Waals surface area contributed by atoms with E-state index in [2.05, 4.69) is 15.3 Å². The number of aliphatic carboxylic acids is 2. The Morgan fingerprint density at radius 1 is 0.821 bits per heavy atom. The van der Waals surface area contributed by atoms with E-state index >= 15 is 0 Å². The van der Waals surface area contributed by atoms with Crippen molar-refractivity contribution in [2.75, 3.05) is 5.32 Å². The van der Waals surface area contributed by atoms with Gasteiger partial charge in [-0.3, -0.25) is 4.98 Å². The fraction of sp³-hybridized carbons (Fsp3) is 0.0870. The average Bonchev–Trinajstić information content (AvgIpc) is 3.14. The predicted octanol–water partition coefficient (Wildman–Crippen LogP) is 5.24. The number of imidazole rings is 1. The van der Waals surface area contributed by atoms with E-state index in [-0.39, 0.29) is 0 Å². The lowest BCUT2D eigenvalue weighted by molar-refractivity contribution is -0.193. The highest BCUT2D eigenvalue weighted by molar-refractivity contribution is 5.95. The molecule has 4 N–H and O–H groups in total. The van der Waals surface area contributed by atoms with Crippen molar-refractivity contribution in [2.24, 2.45) is 0 Å². The van der Waals surface area contributed by atoms with E-state index in [1.165, 1.54) is 0 Å². The Morgan fingerprint density at radius 3 is 1.97 bits per heavy atom. The first kappa shape index (κ1) is 28.4. The van der Waals surface area contributed by atoms with Crippen LogP contribution in [0, 0.1) is 0 Å². The number of aromatic nitrogens is 4. The van der Waals surface area contributed by atoms with Crippen molar-refractivity contribution in [1.29, 1.82) is 0 Å². The Balaban J connectivity index is 0.000000251. The zero-order chi connectivity index (χ0) is 29.0. The van der Waals surface area contributed by atoms with E-state index in [9.17, 15) is 31.5 Å². The van der Waals surface area contributed by atoms with Gasteiger partial charge in [-0.2, -0.15) is 31.1 Å². The van der Waals surface area contributed by atoms with Gasteiger partial charge in [0, 0.05) is 29.1 Å². The predicted molar refractivity (Wildman–Crippen MR) is 122 cm³/mol. The number of benzene rings is 1. The maximum atomic E-state index is 10.9. The molecule has 4 aromatic rings. The van der Waals surface area contributed by atoms with Gasteiger partial charge in [0.1, 0.15) is 17.2 Å². The van der Waals surface area contributed by atoms with Gasteiger partial charge in [0.15, 0.2) is 5.82 Å². The smallest absolute Gasteiger partial charge is 0.475 e. The number of nitrogens with one attached hydrogen (secondary N) is 1. The number of halogens is 6. The average molecular weight is 555 g/mol. The van der Waals surface area contributed by atoms with Crippen molar-refractivity contribution in [3.8, 4) is 33.9 Å². The van der Waals surface area contributed by atoms with Crippen molar-refractivity contribution in [1.82, 2.24) is 19.7 Å². The van der Waals surface area contributed by atoms with Gasteiger partial charge >= 0.3 is 24.3 Å². The second-order valence-corrected chi connectivity index (χ2v) is 7.36. The summed E-state index contributed by atoms with van der Waals surface area (Å²) in [5.74, 6) is -4.33. The van der Waals surface area contributed by atoms with Crippen molar-refractivity contribution in [3.63, 3.8) is 0 Å². The fourth-order valence-corrected chi connectivity index (χ4v) is 3.14. The second kappa shape index (κ2) is 11.1. The van der Waals surface area contributed by atoms with E-state index in [0.717, 1.165) is 27.1 Å². The van der Waals surface area contributed by atoms with Crippen molar-refractivity contribution >= 4 is 23.4 Å². The molecule has 0 amide bonds. The van der Waals surface area contributed by atoms with Gasteiger partial charge in [-0.25, -0.2) is 19.6 Å². The van der Waals surface area contributed by atoms with Crippen LogP contribution in [0.15, 0.2) is 67.1 Å². The van der Waals surface area contributed by atoms with Crippen LogP contribution in [-0.2, 0) is 9.59 Å². The molecule has 0 aliphatic carbocycles. The maximum absolute atomic E-state index is 10.9. The minimum atomic E-state index is -5.08. The van der Waals surface area contributed by atoms with Crippen molar-refractivity contribution < 1.29 is 51.4 Å². The molecule has 1 aliphatic rings. The van der Waals surface area contributed by atoms with Crippen LogP contribution in [0.3, 0.4) is 0 Å². The lowest BCUT2D eigenvalue weighted by atomic mass is 10.1. The number of carbonyl (C=O) groups is 2. The second-order valence-electron chi connectivity index (χ2n) is 7.36. The molecule has 0 fully saturated rings. The van der Waals surface area contributed by atoms with E-state index in [1.54, 1.807) is 18.6 Å². The molecular weight excluding hydrogens is 540 g/mol. The Kier molecular flexibility index (Phi) is 8.07. The first-order valence-corrected chi connectivity index (χ1v) is 10.4. The third kappa shape index (κ3) is 6.60. The Morgan fingerprint density at radius 2 is 1.41 bits per heavy atom. The maximum Gasteiger partial charge on any atom is 0.490 e. The van der Waals surface area contributed by atoms with Gasteiger partial charge in [0.25, 0.3) is 0 Å². The topological polar surface area (TPSA) is 150 Å². The molecule has 4 heterocycles. The van der Waals surface area contributed by atoms with Crippen LogP contribution in [0.2, 0.25) is 0 Å². The third-order valence-electron chi connectivity index (χ3n) is 4.76. The number of alkyl halides is 6. The summed E-state index contributed by atoms with van der Waals surface area (Å²) in [6.45, 7) is 0. The van der Waals surface area contributed by atoms with E-state index in [4.69, 9.17) is 24.8 Å². The number of hydrogen-bond acceptors (Lipinski definition) is 7. The molecule has 1 aliphatic heterocycles. The van der Waals surface area contributed by atoms with Crippen LogP contribution in [0.1, 0.15) is 0 Å². The van der Waals surface area contributed by atoms with E-state index in [0.29, 0.717) is 23.0 Å². The molecule has 0 atom stereocenters. The van der Waals surface area contributed by atoms with Gasteiger partial charge in [0.05, 0.1) is 11.9 Å². The summed E-state index contributed by atoms with van der Waals surface area (Å²) in [4.78, 5) is 31.1. The monoisotopic (exact) mass is 555 g/mol. The summed E-state index contributed by atoms with van der Waals surface area (Å²) < 4.78 is 64.6. The van der Waals surface area contributed by atoms with Crippen molar-refractivity contribution in [3.05, 3.63) is 67.1 Å². The molecule has 0 bridgehead atoms. The minimum absolute atomic E-state index is 0.491. The minimum Gasteiger partial charge on any atom is -0.475 e. The van der Waals surface area contributed by atoms with Crippen LogP contribution >= 0.6 is 0 Å². The van der Waals surface area contributed by atoms with Gasteiger partial charge in [-0.15, -0.1) is 0 Å². The van der Waals surface area contributed by atoms with Crippen molar-refractivity contribution in [2.45, 2.75) is 12.4 Å². The molecule has 1 aromatic carbocycles. The van der Waals surface area contributed by atoms with Crippen LogP contribution in [0.25, 0.3) is 33.9 Å². The van der Waals surface area contributed by atoms with Gasteiger partial charge in [0.2, 0.25) is 0 Å². The standard InChI is InChI=1S/C19H13N5O.2C2HF3O2/c25-24-17-13-8-10-20-11-15(13)22-18-14(7-4-9-21-18)16(17)23-19(24)12-5-2-1-3-6-12;2*3-2(4,5)1(6)7/h1-11,25H,(H,21,22);2*(H,6,7). The molecule has 0 saturated heterocycles. The van der Waals surface area contributed by atoms with Crippen LogP contribution < -0.4 is 5.32 Å². The summed E-state index contributed by atoms with van der Waals surface area (Å²) >= 11 is 0. The molecule has 204 valence electrons. The van der Waals surface area contributed by atoms with E-state index in [1.807, 2.05) is 48.5 Å². The molecule has 0 radical (unpaired) electrons. The number of pyridine rings is 2. The SMILES string of the molecule is O=C(O)C(F)(F)F.O=C(O)C(F)(F)F.On1c(-c2ccccc2)nc2c1-c1ccncc1Nc1ncccc1-2. The number of fused-ring (bicyclic) bond motifs is 5. The molecule has 39 heavy (non-hydrogen) atoms. The first-order valence-electron chi connectivity index (χ1n) is 10.4. The van der Waals surface area contributed by atoms with Crippen LogP contribution in [-0.4, -0.2) is 59.4 Å². The van der Waals surface area contributed by atoms with E-state index < -0.39 is 24.3 Å². The van der Waals surface area contributed by atoms with Crippen LogP contribution in [0.4, 0.5) is 37.8 Å². The quantitative estimate of drug-likeness (QED) is 0.161. The first-order chi connectivity index (χ1) is 18.2. The number of rotatable bonds is 1. The van der Waals surface area contributed by atoms with Gasteiger partial charge in [-0.05, 0) is 18.2 Å². The third-order valence-corrected chi connectivity index (χ3v) is 4.76. The highest BCUT2D eigenvalue weighted by atomic mass is 19.4. The van der Waals surface area contributed by atoms with Gasteiger partial charge < -0.3 is 20.7 Å². The lowest BCUT2D eigenvalue weighted by Crippen LogP contribution is -2.21. The molecule has 3 aromatic heterocycles. The van der Waals surface area contributed by atoms with Crippen LogP contribution in [0.5, 0.6) is 0 Å². The zero-order valence-corrected chi connectivity index (χ0v) is 19.1. The zero-order valence-electron chi connectivity index (χ0n) is 19.1. The summed E-state index contributed by atoms with van der Waals surface area (Å²) in [7, 11) is 0. The number of carboxylic acids is 2. The Bertz CT molecular complexity index is 1460. The molecule has 0 spiro atoms. The summed E-state index contributed by atoms with van der Waals surface area (Å²) in [5, 5.41) is 28.4. The number of hydrogen-bond donors (Lipinski definition) is 4. The summed E-state index contributed by atoms with van der Waals surface area (Å²) in [6.07, 6.45) is -5.03. The summed E-state index contributed by atoms with van der Waals surface area (Å²) in [6, 6.07) is 15.3. The normalized spacial score (nSPS) is 11.5. The highest BCUT2D eigenvalue weighted by Gasteiger charge is 2.39. The number of anilines is 2. The van der Waals surface area contributed by atoms with Gasteiger partial charge in [-0.1, -0.05) is 30.3 Å². The molecule has 10 nitrogen and oxygen atoms in total. The largest absolute Gasteiger partial charge is 0.490 e. The molecule has 16 heteroatoms. The Hall–Kier alpha value is -5.15. The Labute approximate surface area is 213 Å². The summed E-state index contributed by atoms with van der Waals surface area (Å²) in [5.41, 5.74) is 4.57. The number of carboxylic acid groups (broad SMARTS) is 2. The highest BCUT2D eigenvalue weighted by Crippen LogP contribution is 2.43. The fourth-order valence-electron chi connectivity index (χ4n) is 3.14. The molecular formula is C23H15F6N5O5. The molecule has 0 saturated carbocycles. The molecule has 5 rings (SSSR count). The lowest BCUT2D eigenvalue weighted by Gasteiger charge is -2.09. The number of nitrogens with zero attached hydrogens (tertiary/aromatic N) is 4.